The third kappa shape index (κ3) is 4.34. The van der Waals surface area contributed by atoms with Gasteiger partial charge in [0.1, 0.15) is 0 Å². The molecule has 6 aromatic rings. The first kappa shape index (κ1) is 25.2. The standard InChI is InChI=1S/C15H10Br.C15H9S.2ClH.Zr/c16-13-8-6-12-7-9-14(15(12)10-13)11-4-2-1-3-5-11;1-2-11-8-12-9-14(11)15(3-1)16-13-6-4-10(12)5-7-13;;;/h1-8,10,14H;1-9H;2*1H;/q;;;;+2/p-2. The molecule has 0 fully saturated rings. The fraction of sp³-hybridized carbons (Fsp3) is 0.0667. The van der Waals surface area contributed by atoms with E-state index in [-0.39, 0.29) is 24.8 Å². The van der Waals surface area contributed by atoms with Crippen molar-refractivity contribution in [1.82, 2.24) is 0 Å². The van der Waals surface area contributed by atoms with E-state index in [1.807, 2.05) is 11.3 Å². The van der Waals surface area contributed by atoms with Crippen LogP contribution in [0.1, 0.15) is 37.4 Å². The molecule has 2 atom stereocenters. The van der Waals surface area contributed by atoms with Gasteiger partial charge in [0.05, 0.1) is 0 Å². The summed E-state index contributed by atoms with van der Waals surface area (Å²) in [5.74, 6) is 0.378. The third-order valence-electron chi connectivity index (χ3n) is 6.86. The second kappa shape index (κ2) is 10.1. The van der Waals surface area contributed by atoms with Crippen molar-refractivity contribution in [2.24, 2.45) is 0 Å². The SMILES string of the molecule is Brc1ccc2c(c1)C(c1ccccc1)[C]([Zr+2][CH]1c3cc4c1cccc4sc1ccc3cc1)=C2.[Cl-].[Cl-]. The van der Waals surface area contributed by atoms with E-state index in [2.05, 4.69) is 119 Å². The average molecular weight is 654 g/mol. The molecule has 0 saturated heterocycles. The predicted octanol–water partition coefficient (Wildman–Crippen LogP) is 3.06. The number of hydrogen-bond donors (Lipinski definition) is 0. The first-order valence-corrected chi connectivity index (χ1v) is 15.5. The molecule has 2 heterocycles. The van der Waals surface area contributed by atoms with Crippen LogP contribution >= 0.6 is 27.3 Å². The summed E-state index contributed by atoms with van der Waals surface area (Å²) in [5.41, 5.74) is 7.34. The van der Waals surface area contributed by atoms with Gasteiger partial charge >= 0.3 is 219 Å². The molecule has 0 nitrogen and oxygen atoms in total. The maximum absolute atomic E-state index is 3.73. The van der Waals surface area contributed by atoms with E-state index in [1.54, 1.807) is 8.84 Å². The number of hydrogen-bond acceptors (Lipinski definition) is 1. The van der Waals surface area contributed by atoms with Gasteiger partial charge in [0.2, 0.25) is 0 Å². The molecule has 8 rings (SSSR count). The number of benzene rings is 4. The summed E-state index contributed by atoms with van der Waals surface area (Å²) in [6.07, 6.45) is 2.52. The molecule has 0 radical (unpaired) electrons. The van der Waals surface area contributed by atoms with Crippen LogP contribution in [0.2, 0.25) is 0 Å². The third-order valence-corrected chi connectivity index (χ3v) is 12.6. The number of fused-ring (bicyclic) bond motifs is 3. The number of halogens is 3. The second-order valence-corrected chi connectivity index (χ2v) is 14.4. The smallest absolute Gasteiger partial charge is 1.00 e. The van der Waals surface area contributed by atoms with Crippen LogP contribution in [-0.2, 0) is 23.2 Å². The van der Waals surface area contributed by atoms with E-state index in [4.69, 9.17) is 0 Å². The molecule has 0 amide bonds. The number of rotatable bonds is 3. The van der Waals surface area contributed by atoms with E-state index < -0.39 is 23.2 Å². The predicted molar refractivity (Wildman–Crippen MR) is 140 cm³/mol. The number of allylic oxidation sites excluding steroid dienone is 1. The molecule has 2 unspecified atom stereocenters. The van der Waals surface area contributed by atoms with Crippen molar-refractivity contribution in [3.8, 4) is 0 Å². The van der Waals surface area contributed by atoms with Crippen LogP contribution < -0.4 is 24.8 Å². The van der Waals surface area contributed by atoms with Crippen molar-refractivity contribution in [3.05, 3.63) is 133 Å². The van der Waals surface area contributed by atoms with Gasteiger partial charge in [-0.3, -0.25) is 0 Å². The first-order valence-electron chi connectivity index (χ1n) is 11.2. The van der Waals surface area contributed by atoms with Gasteiger partial charge in [-0.25, -0.2) is 0 Å². The van der Waals surface area contributed by atoms with Crippen LogP contribution in [-0.4, -0.2) is 0 Å². The molecule has 2 aliphatic rings. The van der Waals surface area contributed by atoms with Crippen LogP contribution in [0.3, 0.4) is 0 Å². The Kier molecular flexibility index (Phi) is 7.28. The minimum atomic E-state index is -1.00. The molecule has 0 aliphatic heterocycles. The zero-order valence-electron chi connectivity index (χ0n) is 18.5. The van der Waals surface area contributed by atoms with E-state index in [0.29, 0.717) is 9.54 Å². The maximum Gasteiger partial charge on any atom is -1.00 e. The van der Waals surface area contributed by atoms with Gasteiger partial charge in [-0.05, 0) is 0 Å². The zero-order valence-corrected chi connectivity index (χ0v) is 24.9. The van der Waals surface area contributed by atoms with E-state index in [0.717, 1.165) is 4.47 Å². The second-order valence-electron chi connectivity index (χ2n) is 8.78. The molecule has 0 spiro atoms. The van der Waals surface area contributed by atoms with Crippen LogP contribution in [0, 0.1) is 0 Å². The molecule has 0 saturated carbocycles. The molecule has 4 aromatic carbocycles. The molecule has 170 valence electrons. The minimum absolute atomic E-state index is 0. The summed E-state index contributed by atoms with van der Waals surface area (Å²) in [6, 6.07) is 36.6. The van der Waals surface area contributed by atoms with Gasteiger partial charge in [-0.15, -0.1) is 0 Å². The molecule has 2 aromatic heterocycles. The van der Waals surface area contributed by atoms with Crippen molar-refractivity contribution < 1.29 is 48.0 Å². The Hall–Kier alpha value is -1.48. The molecule has 2 aliphatic carbocycles. The Morgan fingerprint density at radius 1 is 0.714 bits per heavy atom. The van der Waals surface area contributed by atoms with Crippen LogP contribution in [0.5, 0.6) is 0 Å². The average Bonchev–Trinajstić information content (AvgIpc) is 3.42. The Bertz CT molecular complexity index is 1600. The van der Waals surface area contributed by atoms with E-state index in [1.165, 1.54) is 42.4 Å². The molecule has 0 N–H and O–H groups in total. The normalized spacial score (nSPS) is 16.9. The Labute approximate surface area is 241 Å². The summed E-state index contributed by atoms with van der Waals surface area (Å²) in [6.45, 7) is 0. The Morgan fingerprint density at radius 2 is 1.51 bits per heavy atom. The monoisotopic (exact) mass is 650 g/mol. The van der Waals surface area contributed by atoms with Gasteiger partial charge in [0.25, 0.3) is 0 Å². The van der Waals surface area contributed by atoms with Gasteiger partial charge in [-0.1, -0.05) is 0 Å². The van der Waals surface area contributed by atoms with Gasteiger partial charge < -0.3 is 24.8 Å². The molecule has 5 heteroatoms. The first-order chi connectivity index (χ1) is 16.2. The summed E-state index contributed by atoms with van der Waals surface area (Å²) in [7, 11) is 0. The zero-order chi connectivity index (χ0) is 21.9. The van der Waals surface area contributed by atoms with E-state index >= 15 is 0 Å². The maximum atomic E-state index is 3.73. The molecular formula is C30H19BrCl2SZr. The van der Waals surface area contributed by atoms with Crippen molar-refractivity contribution in [1.29, 1.82) is 0 Å². The van der Waals surface area contributed by atoms with Gasteiger partial charge in [-0.2, -0.15) is 0 Å². The summed E-state index contributed by atoms with van der Waals surface area (Å²) in [4.78, 5) is 0. The Morgan fingerprint density at radius 3 is 2.31 bits per heavy atom. The van der Waals surface area contributed by atoms with Crippen LogP contribution in [0.15, 0.2) is 105 Å². The van der Waals surface area contributed by atoms with Gasteiger partial charge in [0, 0.05) is 0 Å². The largest absolute Gasteiger partial charge is 1.00 e. The topological polar surface area (TPSA) is 0 Å². The fourth-order valence-corrected chi connectivity index (χ4v) is 11.3. The van der Waals surface area contributed by atoms with Crippen molar-refractivity contribution in [2.75, 3.05) is 0 Å². The minimum Gasteiger partial charge on any atom is -1.00 e. The van der Waals surface area contributed by atoms with Crippen LogP contribution in [0.25, 0.3) is 26.2 Å². The van der Waals surface area contributed by atoms with Crippen molar-refractivity contribution in [2.45, 2.75) is 9.54 Å². The molecule has 35 heavy (non-hydrogen) atoms. The fourth-order valence-electron chi connectivity index (χ4n) is 5.35. The molecule has 4 bridgehead atoms. The van der Waals surface area contributed by atoms with Crippen LogP contribution in [0.4, 0.5) is 0 Å². The quantitative estimate of drug-likeness (QED) is 0.281. The van der Waals surface area contributed by atoms with Crippen molar-refractivity contribution >= 4 is 53.5 Å². The molecular weight excluding hydrogens is 634 g/mol. The Balaban J connectivity index is 0.00000127. The summed E-state index contributed by atoms with van der Waals surface area (Å²) in [5, 5.41) is 2.85. The summed E-state index contributed by atoms with van der Waals surface area (Å²) >= 11 is 4.63. The van der Waals surface area contributed by atoms with Crippen molar-refractivity contribution in [3.63, 3.8) is 0 Å². The van der Waals surface area contributed by atoms with E-state index in [9.17, 15) is 0 Å². The summed E-state index contributed by atoms with van der Waals surface area (Å²) < 4.78 is 6.11. The van der Waals surface area contributed by atoms with Gasteiger partial charge in [0.15, 0.2) is 0 Å².